The Hall–Kier alpha value is -1.44. The van der Waals surface area contributed by atoms with Gasteiger partial charge in [0.05, 0.1) is 24.8 Å². The van der Waals surface area contributed by atoms with Gasteiger partial charge in [0.2, 0.25) is 5.28 Å². The van der Waals surface area contributed by atoms with Crippen LogP contribution in [-0.4, -0.2) is 65.5 Å². The van der Waals surface area contributed by atoms with E-state index in [1.54, 1.807) is 6.20 Å². The molecule has 0 fully saturated rings. The van der Waals surface area contributed by atoms with E-state index in [1.807, 2.05) is 14.1 Å². The van der Waals surface area contributed by atoms with Gasteiger partial charge in [-0.15, -0.1) is 0 Å². The van der Waals surface area contributed by atoms with Crippen molar-refractivity contribution < 1.29 is 4.74 Å². The molecule has 0 amide bonds. The Balaban J connectivity index is 1.83. The monoisotopic (exact) mass is 284 g/mol. The molecule has 0 aliphatic heterocycles. The van der Waals surface area contributed by atoms with Crippen molar-refractivity contribution in [2.75, 3.05) is 45.7 Å². The minimum absolute atomic E-state index is 0.188. The number of fused-ring (bicyclic) bond motifs is 1. The standard InChI is InChI=1S/C11H17ClN6O/c1-18(2)4-6-19-5-3-13-9-8-7-14-17-10(8)16-11(12)15-9/h7H,3-6H2,1-2H3,(H2,13,14,15,16,17). The van der Waals surface area contributed by atoms with Gasteiger partial charge in [-0.2, -0.15) is 15.1 Å². The first-order chi connectivity index (χ1) is 9.16. The molecule has 0 bridgehead atoms. The first-order valence-electron chi connectivity index (χ1n) is 6.00. The molecular weight excluding hydrogens is 268 g/mol. The van der Waals surface area contributed by atoms with Crippen LogP contribution >= 0.6 is 11.6 Å². The zero-order chi connectivity index (χ0) is 13.7. The highest BCUT2D eigenvalue weighted by molar-refractivity contribution is 6.28. The molecule has 2 N–H and O–H groups in total. The molecule has 0 radical (unpaired) electrons. The van der Waals surface area contributed by atoms with Crippen LogP contribution < -0.4 is 5.32 Å². The summed E-state index contributed by atoms with van der Waals surface area (Å²) in [6.45, 7) is 2.88. The van der Waals surface area contributed by atoms with E-state index >= 15 is 0 Å². The number of aromatic nitrogens is 4. The molecule has 0 unspecified atom stereocenters. The quantitative estimate of drug-likeness (QED) is 0.583. The Labute approximate surface area is 116 Å². The van der Waals surface area contributed by atoms with E-state index in [-0.39, 0.29) is 5.28 Å². The zero-order valence-corrected chi connectivity index (χ0v) is 11.7. The summed E-state index contributed by atoms with van der Waals surface area (Å²) >= 11 is 5.83. The number of aromatic amines is 1. The van der Waals surface area contributed by atoms with Gasteiger partial charge in [-0.1, -0.05) is 0 Å². The molecule has 7 nitrogen and oxygen atoms in total. The van der Waals surface area contributed by atoms with Gasteiger partial charge in [-0.3, -0.25) is 5.10 Å². The summed E-state index contributed by atoms with van der Waals surface area (Å²) in [5.74, 6) is 0.667. The molecule has 2 aromatic rings. The molecule has 104 valence electrons. The van der Waals surface area contributed by atoms with Crippen LogP contribution in [0.4, 0.5) is 5.82 Å². The molecule has 2 heterocycles. The number of H-pyrrole nitrogens is 1. The van der Waals surface area contributed by atoms with Gasteiger partial charge in [0.15, 0.2) is 5.65 Å². The summed E-state index contributed by atoms with van der Waals surface area (Å²) in [7, 11) is 4.03. The molecule has 0 saturated heterocycles. The van der Waals surface area contributed by atoms with Gasteiger partial charge < -0.3 is 15.0 Å². The molecule has 2 aromatic heterocycles. The Bertz CT molecular complexity index is 529. The molecule has 0 aromatic carbocycles. The zero-order valence-electron chi connectivity index (χ0n) is 11.0. The Morgan fingerprint density at radius 1 is 1.37 bits per heavy atom. The van der Waals surface area contributed by atoms with Crippen LogP contribution in [-0.2, 0) is 4.74 Å². The number of rotatable bonds is 7. The summed E-state index contributed by atoms with van der Waals surface area (Å²) in [5, 5.41) is 10.9. The van der Waals surface area contributed by atoms with Crippen molar-refractivity contribution in [2.24, 2.45) is 0 Å². The van der Waals surface area contributed by atoms with Crippen LogP contribution in [0.1, 0.15) is 0 Å². The topological polar surface area (TPSA) is 79.0 Å². The van der Waals surface area contributed by atoms with Gasteiger partial charge in [0.25, 0.3) is 0 Å². The summed E-state index contributed by atoms with van der Waals surface area (Å²) in [6.07, 6.45) is 1.67. The fraction of sp³-hybridized carbons (Fsp3) is 0.545. The molecule has 19 heavy (non-hydrogen) atoms. The number of likely N-dealkylation sites (N-methyl/N-ethyl adjacent to an activating group) is 1. The number of halogens is 1. The SMILES string of the molecule is CN(C)CCOCCNc1nc(Cl)nc2[nH]ncc12. The van der Waals surface area contributed by atoms with Crippen molar-refractivity contribution in [1.29, 1.82) is 0 Å². The van der Waals surface area contributed by atoms with Crippen LogP contribution in [0.2, 0.25) is 5.28 Å². The third kappa shape index (κ3) is 4.02. The highest BCUT2D eigenvalue weighted by Gasteiger charge is 2.07. The second-order valence-corrected chi connectivity index (χ2v) is 4.65. The lowest BCUT2D eigenvalue weighted by molar-refractivity contribution is 0.126. The molecular formula is C11H17ClN6O. The summed E-state index contributed by atoms with van der Waals surface area (Å²) < 4.78 is 5.49. The maximum absolute atomic E-state index is 5.83. The van der Waals surface area contributed by atoms with E-state index in [0.29, 0.717) is 31.2 Å². The van der Waals surface area contributed by atoms with Crippen LogP contribution in [0.3, 0.4) is 0 Å². The molecule has 0 saturated carbocycles. The van der Waals surface area contributed by atoms with E-state index < -0.39 is 0 Å². The van der Waals surface area contributed by atoms with Gasteiger partial charge in [0, 0.05) is 13.1 Å². The van der Waals surface area contributed by atoms with Gasteiger partial charge in [-0.25, -0.2) is 0 Å². The molecule has 0 aliphatic carbocycles. The predicted octanol–water partition coefficient (Wildman–Crippen LogP) is 0.996. The smallest absolute Gasteiger partial charge is 0.226 e. The number of nitrogens with zero attached hydrogens (tertiary/aromatic N) is 4. The average molecular weight is 285 g/mol. The Morgan fingerprint density at radius 3 is 3.00 bits per heavy atom. The van der Waals surface area contributed by atoms with Crippen molar-refractivity contribution in [1.82, 2.24) is 25.1 Å². The number of hydrogen-bond donors (Lipinski definition) is 2. The van der Waals surface area contributed by atoms with E-state index in [2.05, 4.69) is 30.4 Å². The first kappa shape index (κ1) is 14.0. The van der Waals surface area contributed by atoms with Crippen molar-refractivity contribution >= 4 is 28.5 Å². The van der Waals surface area contributed by atoms with E-state index in [4.69, 9.17) is 16.3 Å². The van der Waals surface area contributed by atoms with Crippen LogP contribution in [0.15, 0.2) is 6.20 Å². The summed E-state index contributed by atoms with van der Waals surface area (Å²) in [6, 6.07) is 0. The normalized spacial score (nSPS) is 11.4. The van der Waals surface area contributed by atoms with Crippen molar-refractivity contribution in [3.8, 4) is 0 Å². The third-order valence-corrected chi connectivity index (χ3v) is 2.67. The fourth-order valence-electron chi connectivity index (χ4n) is 1.53. The lowest BCUT2D eigenvalue weighted by Gasteiger charge is -2.10. The first-order valence-corrected chi connectivity index (χ1v) is 6.37. The van der Waals surface area contributed by atoms with Gasteiger partial charge in [0.1, 0.15) is 5.82 Å². The maximum atomic E-state index is 5.83. The fourth-order valence-corrected chi connectivity index (χ4v) is 1.70. The lowest BCUT2D eigenvalue weighted by Crippen LogP contribution is -2.20. The molecule has 8 heteroatoms. The molecule has 0 aliphatic rings. The van der Waals surface area contributed by atoms with E-state index in [9.17, 15) is 0 Å². The number of nitrogens with one attached hydrogen (secondary N) is 2. The number of hydrogen-bond acceptors (Lipinski definition) is 6. The second kappa shape index (κ2) is 6.65. The van der Waals surface area contributed by atoms with E-state index in [0.717, 1.165) is 11.9 Å². The predicted molar refractivity (Wildman–Crippen MR) is 74.6 cm³/mol. The largest absolute Gasteiger partial charge is 0.378 e. The van der Waals surface area contributed by atoms with Crippen molar-refractivity contribution in [2.45, 2.75) is 0 Å². The second-order valence-electron chi connectivity index (χ2n) is 4.32. The minimum atomic E-state index is 0.188. The Morgan fingerprint density at radius 2 is 2.21 bits per heavy atom. The van der Waals surface area contributed by atoms with Gasteiger partial charge >= 0.3 is 0 Å². The minimum Gasteiger partial charge on any atom is -0.378 e. The number of ether oxygens (including phenoxy) is 1. The maximum Gasteiger partial charge on any atom is 0.226 e. The highest BCUT2D eigenvalue weighted by Crippen LogP contribution is 2.19. The van der Waals surface area contributed by atoms with Gasteiger partial charge in [-0.05, 0) is 25.7 Å². The molecule has 2 rings (SSSR count). The third-order valence-electron chi connectivity index (χ3n) is 2.50. The molecule has 0 spiro atoms. The van der Waals surface area contributed by atoms with E-state index in [1.165, 1.54) is 0 Å². The van der Waals surface area contributed by atoms with Crippen LogP contribution in [0.5, 0.6) is 0 Å². The van der Waals surface area contributed by atoms with Crippen molar-refractivity contribution in [3.05, 3.63) is 11.5 Å². The van der Waals surface area contributed by atoms with Crippen molar-refractivity contribution in [3.63, 3.8) is 0 Å². The Kier molecular flexibility index (Phi) is 4.89. The highest BCUT2D eigenvalue weighted by atomic mass is 35.5. The summed E-state index contributed by atoms with van der Waals surface area (Å²) in [4.78, 5) is 10.2. The average Bonchev–Trinajstić information content (AvgIpc) is 2.80. The summed E-state index contributed by atoms with van der Waals surface area (Å²) in [5.41, 5.74) is 0.621. The van der Waals surface area contributed by atoms with Crippen LogP contribution in [0.25, 0.3) is 11.0 Å². The molecule has 0 atom stereocenters. The van der Waals surface area contributed by atoms with Crippen LogP contribution in [0, 0.1) is 0 Å². The lowest BCUT2D eigenvalue weighted by atomic mass is 10.4. The number of anilines is 1.